The van der Waals surface area contributed by atoms with E-state index in [1.165, 1.54) is 44.4 Å². The molecular formula is C27H28N2O8S. The standard InChI is InChI=1S/C27H28N2O8S/c1-34-23-14-13-20(15-24(23)35-2)38(32,33)28(16-19-9-5-4-6-10-19)18-26(30)29-17-25(27(31)36-3)37-22-12-8-7-11-21(22)29/h4-15,25H,16-18H2,1-3H3/t25-/m0/s1. The molecule has 38 heavy (non-hydrogen) atoms. The Morgan fingerprint density at radius 3 is 2.32 bits per heavy atom. The van der Waals surface area contributed by atoms with Crippen molar-refractivity contribution in [1.82, 2.24) is 4.31 Å². The second kappa shape index (κ2) is 11.5. The highest BCUT2D eigenvalue weighted by Gasteiger charge is 2.36. The second-order valence-electron chi connectivity index (χ2n) is 8.38. The Morgan fingerprint density at radius 2 is 1.63 bits per heavy atom. The van der Waals surface area contributed by atoms with E-state index in [1.54, 1.807) is 48.5 Å². The van der Waals surface area contributed by atoms with Crippen LogP contribution < -0.4 is 19.1 Å². The average Bonchev–Trinajstić information content (AvgIpc) is 2.95. The van der Waals surface area contributed by atoms with Crippen LogP contribution in [0.25, 0.3) is 0 Å². The first kappa shape index (κ1) is 27.0. The molecule has 3 aromatic rings. The predicted octanol–water partition coefficient (Wildman–Crippen LogP) is 2.86. The third kappa shape index (κ3) is 5.58. The molecule has 1 aliphatic heterocycles. The third-order valence-electron chi connectivity index (χ3n) is 6.04. The molecule has 0 aromatic heterocycles. The summed E-state index contributed by atoms with van der Waals surface area (Å²) in [5.41, 5.74) is 1.12. The summed E-state index contributed by atoms with van der Waals surface area (Å²) in [5, 5.41) is 0. The van der Waals surface area contributed by atoms with Gasteiger partial charge in [0.25, 0.3) is 0 Å². The molecule has 0 bridgehead atoms. The van der Waals surface area contributed by atoms with Crippen molar-refractivity contribution in [2.75, 3.05) is 39.3 Å². The number of amides is 1. The van der Waals surface area contributed by atoms with Crippen LogP contribution in [0.3, 0.4) is 0 Å². The van der Waals surface area contributed by atoms with Crippen LogP contribution in [0, 0.1) is 0 Å². The molecule has 1 aliphatic rings. The zero-order chi connectivity index (χ0) is 27.3. The van der Waals surface area contributed by atoms with Crippen molar-refractivity contribution in [3.63, 3.8) is 0 Å². The molecule has 0 fully saturated rings. The maximum Gasteiger partial charge on any atom is 0.348 e. The van der Waals surface area contributed by atoms with Crippen molar-refractivity contribution in [1.29, 1.82) is 0 Å². The largest absolute Gasteiger partial charge is 0.493 e. The Morgan fingerprint density at radius 1 is 0.947 bits per heavy atom. The van der Waals surface area contributed by atoms with Crippen LogP contribution in [0.2, 0.25) is 0 Å². The molecule has 1 amide bonds. The lowest BCUT2D eigenvalue weighted by Crippen LogP contribution is -2.50. The number of esters is 1. The molecule has 0 radical (unpaired) electrons. The summed E-state index contributed by atoms with van der Waals surface area (Å²) in [6.07, 6.45) is -1.05. The van der Waals surface area contributed by atoms with Crippen molar-refractivity contribution in [3.05, 3.63) is 78.4 Å². The number of nitrogens with zero attached hydrogens (tertiary/aromatic N) is 2. The minimum atomic E-state index is -4.18. The molecule has 1 atom stereocenters. The van der Waals surface area contributed by atoms with Crippen LogP contribution in [0.5, 0.6) is 17.2 Å². The normalized spacial score (nSPS) is 14.8. The summed E-state index contributed by atoms with van der Waals surface area (Å²) in [4.78, 5) is 27.2. The first-order valence-corrected chi connectivity index (χ1v) is 13.1. The summed E-state index contributed by atoms with van der Waals surface area (Å²) in [7, 11) is -0.0809. The number of hydrogen-bond acceptors (Lipinski definition) is 8. The fourth-order valence-corrected chi connectivity index (χ4v) is 5.49. The van der Waals surface area contributed by atoms with Gasteiger partial charge in [-0.15, -0.1) is 0 Å². The highest BCUT2D eigenvalue weighted by molar-refractivity contribution is 7.89. The number of hydrogen-bond donors (Lipinski definition) is 0. The average molecular weight is 541 g/mol. The summed E-state index contributed by atoms with van der Waals surface area (Å²) >= 11 is 0. The van der Waals surface area contributed by atoms with Crippen LogP contribution in [0.4, 0.5) is 5.69 Å². The summed E-state index contributed by atoms with van der Waals surface area (Å²) < 4.78 is 49.8. The Kier molecular flexibility index (Phi) is 8.18. The minimum Gasteiger partial charge on any atom is -0.493 e. The zero-order valence-corrected chi connectivity index (χ0v) is 22.0. The molecular weight excluding hydrogens is 512 g/mol. The number of carbonyl (C=O) groups excluding carboxylic acids is 2. The number of anilines is 1. The van der Waals surface area contributed by atoms with Crippen molar-refractivity contribution in [2.24, 2.45) is 0 Å². The van der Waals surface area contributed by atoms with Gasteiger partial charge >= 0.3 is 5.97 Å². The number of sulfonamides is 1. The van der Waals surface area contributed by atoms with Crippen molar-refractivity contribution in [3.8, 4) is 17.2 Å². The first-order chi connectivity index (χ1) is 18.3. The minimum absolute atomic E-state index is 0.0598. The lowest BCUT2D eigenvalue weighted by atomic mass is 10.2. The molecule has 3 aromatic carbocycles. The number of ether oxygens (including phenoxy) is 4. The van der Waals surface area contributed by atoms with Gasteiger partial charge in [0.1, 0.15) is 5.75 Å². The summed E-state index contributed by atoms with van der Waals surface area (Å²) in [5.74, 6) is -0.246. The van der Waals surface area contributed by atoms with E-state index in [0.717, 1.165) is 4.31 Å². The van der Waals surface area contributed by atoms with Crippen LogP contribution in [-0.2, 0) is 30.9 Å². The number of carbonyl (C=O) groups is 2. The first-order valence-electron chi connectivity index (χ1n) is 11.7. The Bertz CT molecular complexity index is 1410. The quantitative estimate of drug-likeness (QED) is 0.381. The van der Waals surface area contributed by atoms with E-state index in [9.17, 15) is 18.0 Å². The van der Waals surface area contributed by atoms with Gasteiger partial charge in [-0.1, -0.05) is 42.5 Å². The van der Waals surface area contributed by atoms with Gasteiger partial charge in [0.05, 0.1) is 45.0 Å². The molecule has 1 heterocycles. The summed E-state index contributed by atoms with van der Waals surface area (Å²) in [6, 6.07) is 19.9. The van der Waals surface area contributed by atoms with Crippen molar-refractivity contribution >= 4 is 27.6 Å². The highest BCUT2D eigenvalue weighted by atomic mass is 32.2. The lowest BCUT2D eigenvalue weighted by Gasteiger charge is -2.34. The van der Waals surface area contributed by atoms with Gasteiger partial charge in [-0.3, -0.25) is 4.79 Å². The number of methoxy groups -OCH3 is 3. The van der Waals surface area contributed by atoms with Gasteiger partial charge in [-0.2, -0.15) is 4.31 Å². The van der Waals surface area contributed by atoms with E-state index >= 15 is 0 Å². The Hall–Kier alpha value is -4.09. The van der Waals surface area contributed by atoms with Gasteiger partial charge in [0, 0.05) is 12.6 Å². The fraction of sp³-hybridized carbons (Fsp3) is 0.259. The molecule has 0 aliphatic carbocycles. The van der Waals surface area contributed by atoms with Gasteiger partial charge in [0.15, 0.2) is 11.5 Å². The third-order valence-corrected chi connectivity index (χ3v) is 7.83. The second-order valence-corrected chi connectivity index (χ2v) is 10.3. The molecule has 0 unspecified atom stereocenters. The van der Waals surface area contributed by atoms with Crippen LogP contribution in [-0.4, -0.2) is 65.1 Å². The van der Waals surface area contributed by atoms with E-state index in [-0.39, 0.29) is 23.7 Å². The molecule has 4 rings (SSSR count). The molecule has 0 spiro atoms. The number of benzene rings is 3. The molecule has 200 valence electrons. The smallest absolute Gasteiger partial charge is 0.348 e. The number of rotatable bonds is 9. The Labute approximate surface area is 221 Å². The van der Waals surface area contributed by atoms with Crippen LogP contribution in [0.1, 0.15) is 5.56 Å². The van der Waals surface area contributed by atoms with E-state index in [0.29, 0.717) is 22.7 Å². The van der Waals surface area contributed by atoms with E-state index < -0.39 is 34.5 Å². The van der Waals surface area contributed by atoms with E-state index in [4.69, 9.17) is 18.9 Å². The van der Waals surface area contributed by atoms with Gasteiger partial charge in [-0.25, -0.2) is 13.2 Å². The van der Waals surface area contributed by atoms with Crippen LogP contribution >= 0.6 is 0 Å². The van der Waals surface area contributed by atoms with Crippen LogP contribution in [0.15, 0.2) is 77.7 Å². The molecule has 0 N–H and O–H groups in total. The fourth-order valence-electron chi connectivity index (χ4n) is 4.10. The molecule has 0 saturated heterocycles. The summed E-state index contributed by atoms with van der Waals surface area (Å²) in [6.45, 7) is -0.679. The zero-order valence-electron chi connectivity index (χ0n) is 21.2. The number of para-hydroxylation sites is 2. The molecule has 11 heteroatoms. The lowest BCUT2D eigenvalue weighted by molar-refractivity contribution is -0.148. The number of fused-ring (bicyclic) bond motifs is 1. The van der Waals surface area contributed by atoms with Crippen molar-refractivity contribution in [2.45, 2.75) is 17.5 Å². The maximum atomic E-state index is 13.8. The molecule has 0 saturated carbocycles. The monoisotopic (exact) mass is 540 g/mol. The maximum absolute atomic E-state index is 13.8. The van der Waals surface area contributed by atoms with Crippen molar-refractivity contribution < 1.29 is 37.0 Å². The predicted molar refractivity (Wildman–Crippen MR) is 139 cm³/mol. The topological polar surface area (TPSA) is 112 Å². The van der Waals surface area contributed by atoms with Gasteiger partial charge in [-0.05, 0) is 29.8 Å². The highest BCUT2D eigenvalue weighted by Crippen LogP contribution is 2.34. The molecule has 10 nitrogen and oxygen atoms in total. The van der Waals surface area contributed by atoms with Gasteiger partial charge < -0.3 is 23.8 Å². The van der Waals surface area contributed by atoms with E-state index in [1.807, 2.05) is 6.07 Å². The van der Waals surface area contributed by atoms with E-state index in [2.05, 4.69) is 0 Å². The Balaban J connectivity index is 1.70. The van der Waals surface area contributed by atoms with Gasteiger partial charge in [0.2, 0.25) is 22.0 Å². The SMILES string of the molecule is COC(=O)[C@@H]1CN(C(=O)CN(Cc2ccccc2)S(=O)(=O)c2ccc(OC)c(OC)c2)c2ccccc2O1.